The third kappa shape index (κ3) is 10.8. The van der Waals surface area contributed by atoms with Gasteiger partial charge < -0.3 is 41.4 Å². The van der Waals surface area contributed by atoms with E-state index in [0.29, 0.717) is 17.4 Å². The van der Waals surface area contributed by atoms with Crippen LogP contribution in [-0.2, 0) is 52.3 Å². The van der Waals surface area contributed by atoms with Crippen LogP contribution in [0, 0.1) is 6.92 Å². The van der Waals surface area contributed by atoms with Crippen molar-refractivity contribution in [2.24, 2.45) is 17.9 Å². The number of alkyl halides is 3. The summed E-state index contributed by atoms with van der Waals surface area (Å²) in [5, 5.41) is 26.4. The molecule has 3 heterocycles. The lowest BCUT2D eigenvalue weighted by atomic mass is 9.84. The summed E-state index contributed by atoms with van der Waals surface area (Å²) in [5.74, 6) is -6.12. The van der Waals surface area contributed by atoms with Gasteiger partial charge in [-0.2, -0.15) is 31.3 Å². The summed E-state index contributed by atoms with van der Waals surface area (Å²) in [4.78, 5) is 55.7. The minimum atomic E-state index is -5.19. The molecule has 0 saturated carbocycles. The van der Waals surface area contributed by atoms with Crippen molar-refractivity contribution in [3.8, 4) is 17.0 Å². The summed E-state index contributed by atoms with van der Waals surface area (Å²) < 4.78 is 76.8. The smallest absolute Gasteiger partial charge is 0.430 e. The van der Waals surface area contributed by atoms with Crippen molar-refractivity contribution < 1.29 is 74.1 Å². The summed E-state index contributed by atoms with van der Waals surface area (Å²) in [6.07, 6.45) is -6.07. The molecular formula is C29H35F3N8O12S2. The van der Waals surface area contributed by atoms with E-state index >= 15 is 0 Å². The highest BCUT2D eigenvalue weighted by atomic mass is 32.3. The number of hydrogen-bond donors (Lipinski definition) is 5. The molecule has 1 saturated heterocycles. The fourth-order valence-electron chi connectivity index (χ4n) is 4.64. The van der Waals surface area contributed by atoms with Crippen LogP contribution in [0.4, 0.5) is 18.3 Å². The van der Waals surface area contributed by atoms with Crippen molar-refractivity contribution in [3.63, 3.8) is 0 Å². The predicted octanol–water partition coefficient (Wildman–Crippen LogP) is -0.933. The van der Waals surface area contributed by atoms with Crippen molar-refractivity contribution in [2.45, 2.75) is 57.6 Å². The van der Waals surface area contributed by atoms with Gasteiger partial charge in [-0.05, 0) is 51.6 Å². The van der Waals surface area contributed by atoms with Crippen LogP contribution in [0.25, 0.3) is 11.3 Å². The molecule has 1 aliphatic rings. The number of carboxylic acids is 2. The van der Waals surface area contributed by atoms with Gasteiger partial charge in [0.15, 0.2) is 17.4 Å². The van der Waals surface area contributed by atoms with Gasteiger partial charge in [0.05, 0.1) is 18.3 Å². The predicted molar refractivity (Wildman–Crippen MR) is 177 cm³/mol. The van der Waals surface area contributed by atoms with Gasteiger partial charge in [-0.25, -0.2) is 9.78 Å². The molecule has 1 fully saturated rings. The van der Waals surface area contributed by atoms with Crippen LogP contribution in [0.1, 0.15) is 31.7 Å². The van der Waals surface area contributed by atoms with Crippen molar-refractivity contribution in [1.29, 1.82) is 0 Å². The Hall–Kier alpha value is -5.37. The van der Waals surface area contributed by atoms with Crippen LogP contribution >= 0.6 is 11.3 Å². The first kappa shape index (κ1) is 43.0. The molecule has 7 N–H and O–H groups in total. The Morgan fingerprint density at radius 3 is 2.33 bits per heavy atom. The number of nitrogen functional groups attached to an aromatic ring is 1. The number of aryl methyl sites for hydroxylation is 1. The maximum absolute atomic E-state index is 13.2. The first-order valence-corrected chi connectivity index (χ1v) is 17.5. The van der Waals surface area contributed by atoms with Crippen molar-refractivity contribution in [2.75, 3.05) is 18.9 Å². The average molecular weight is 809 g/mol. The number of aromatic nitrogens is 3. The number of aliphatic carboxylic acids is 2. The quantitative estimate of drug-likeness (QED) is 0.0407. The number of amides is 2. The minimum Gasteiger partial charge on any atom is -0.542 e. The van der Waals surface area contributed by atoms with Crippen molar-refractivity contribution in [1.82, 2.24) is 20.0 Å². The largest absolute Gasteiger partial charge is 0.542 e. The second kappa shape index (κ2) is 17.2. The van der Waals surface area contributed by atoms with E-state index in [2.05, 4.69) is 24.4 Å². The molecule has 1 unspecified atom stereocenters. The fraction of sp³-hybridized carbons (Fsp3) is 0.414. The molecule has 296 valence electrons. The molecular weight excluding hydrogens is 773 g/mol. The highest BCUT2D eigenvalue weighted by molar-refractivity contribution is 7.80. The van der Waals surface area contributed by atoms with Crippen LogP contribution in [0.5, 0.6) is 5.75 Å². The number of hydrogen-bond acceptors (Lipinski definition) is 15. The Morgan fingerprint density at radius 2 is 1.85 bits per heavy atom. The van der Waals surface area contributed by atoms with Gasteiger partial charge in [-0.15, -0.1) is 20.3 Å². The first-order valence-electron chi connectivity index (χ1n) is 15.3. The summed E-state index contributed by atoms with van der Waals surface area (Å²) in [5.41, 5.74) is 12.3. The summed E-state index contributed by atoms with van der Waals surface area (Å²) in [7, 11) is -3.05. The third-order valence-corrected chi connectivity index (χ3v) is 8.51. The van der Waals surface area contributed by atoms with Crippen LogP contribution in [0.3, 0.4) is 0 Å². The fourth-order valence-corrected chi connectivity index (χ4v) is 5.64. The van der Waals surface area contributed by atoms with E-state index in [4.69, 9.17) is 35.5 Å². The van der Waals surface area contributed by atoms with E-state index in [1.54, 1.807) is 12.1 Å². The number of benzene rings is 1. The van der Waals surface area contributed by atoms with Crippen LogP contribution in [-0.4, -0.2) is 99.3 Å². The molecule has 25 heteroatoms. The molecule has 1 aliphatic heterocycles. The molecule has 4 rings (SSSR count). The molecule has 2 amide bonds. The lowest BCUT2D eigenvalue weighted by Gasteiger charge is -2.50. The zero-order chi connectivity index (χ0) is 40.8. The number of carbonyl (C=O) groups is 4. The lowest BCUT2D eigenvalue weighted by molar-refractivity contribution is -0.764. The summed E-state index contributed by atoms with van der Waals surface area (Å²) >= 11 is 0.961. The number of halogens is 3. The van der Waals surface area contributed by atoms with E-state index in [1.807, 2.05) is 36.9 Å². The number of nitrogens with zero attached hydrogens (tertiary/aromatic N) is 5. The number of thiazole rings is 1. The highest BCUT2D eigenvalue weighted by Crippen LogP contribution is 2.33. The monoisotopic (exact) mass is 808 g/mol. The topological polar surface area (TPSA) is 295 Å². The van der Waals surface area contributed by atoms with Gasteiger partial charge in [-0.1, -0.05) is 5.16 Å². The number of nitrogens with one attached hydrogen (secondary N) is 1. The van der Waals surface area contributed by atoms with E-state index < -0.39 is 70.3 Å². The third-order valence-electron chi connectivity index (χ3n) is 7.50. The zero-order valence-electron chi connectivity index (χ0n) is 28.8. The van der Waals surface area contributed by atoms with Gasteiger partial charge >= 0.3 is 22.5 Å². The van der Waals surface area contributed by atoms with Crippen LogP contribution in [0.15, 0.2) is 40.9 Å². The molecule has 2 atom stereocenters. The minimum absolute atomic E-state index is 0.0606. The molecule has 0 spiro atoms. The van der Waals surface area contributed by atoms with Crippen LogP contribution in [0.2, 0.25) is 0 Å². The highest BCUT2D eigenvalue weighted by Gasteiger charge is 2.58. The number of ether oxygens (including phenoxy) is 1. The van der Waals surface area contributed by atoms with Crippen molar-refractivity contribution >= 4 is 56.3 Å². The molecule has 54 heavy (non-hydrogen) atoms. The zero-order valence-corrected chi connectivity index (χ0v) is 30.4. The maximum Gasteiger partial charge on any atom is 0.430 e. The number of anilines is 1. The number of carbonyl (C=O) groups excluding carboxylic acids is 3. The second-order valence-corrected chi connectivity index (χ2v) is 13.6. The standard InChI is InChI=1S/C27H34N8O10S2.C2HF3O2/c1-15-12-19(34(33(15)4)11-5-10-28)16-6-8-17(9-7-16)43-13-20(25(38)39)44-32-21(18-14-46-26(29)30-18)23(36)31-22-24(37)35(27(22,2)3)45-47(40,41)42;3-2(4,5)1(6)7/h6-9,12,14,20,22H,5,10-11,13,28H2,1-4H3,(H4-,29,30,31,36,38,39,40,41,42);(H,6,7)/b32-21-;/t20?,22-;/m1./s1. The maximum atomic E-state index is 13.2. The lowest BCUT2D eigenvalue weighted by Crippen LogP contribution is -2.76. The number of carboxylic acid groups (broad SMARTS) is 2. The van der Waals surface area contributed by atoms with Crippen LogP contribution < -0.4 is 31.3 Å². The van der Waals surface area contributed by atoms with E-state index in [1.165, 1.54) is 19.2 Å². The van der Waals surface area contributed by atoms with Crippen molar-refractivity contribution in [3.05, 3.63) is 47.1 Å². The number of hydroxylamine groups is 2. The Labute approximate surface area is 308 Å². The van der Waals surface area contributed by atoms with E-state index in [9.17, 15) is 41.1 Å². The van der Waals surface area contributed by atoms with E-state index in [-0.39, 0.29) is 10.8 Å². The molecule has 0 aliphatic carbocycles. The summed E-state index contributed by atoms with van der Waals surface area (Å²) in [6.45, 7) is 5.51. The van der Waals surface area contributed by atoms with Gasteiger partial charge in [0, 0.05) is 23.4 Å². The average Bonchev–Trinajstić information content (AvgIpc) is 3.63. The van der Waals surface area contributed by atoms with Gasteiger partial charge in [0.25, 0.3) is 17.9 Å². The van der Waals surface area contributed by atoms with Gasteiger partial charge in [0.1, 0.15) is 30.1 Å². The number of β-lactam (4-membered cyclic amide) rings is 1. The summed E-state index contributed by atoms with van der Waals surface area (Å²) in [6, 6.07) is 7.74. The van der Waals surface area contributed by atoms with Gasteiger partial charge in [-0.3, -0.25) is 14.1 Å². The van der Waals surface area contributed by atoms with Gasteiger partial charge in [0.2, 0.25) is 5.69 Å². The number of oxime groups is 1. The normalized spacial score (nSPS) is 16.1. The molecule has 20 nitrogen and oxygen atoms in total. The molecule has 3 aromatic rings. The molecule has 0 radical (unpaired) electrons. The first-order chi connectivity index (χ1) is 25.0. The number of nitrogens with two attached hydrogens (primary N) is 2. The van der Waals surface area contributed by atoms with E-state index in [0.717, 1.165) is 41.3 Å². The molecule has 2 aromatic heterocycles. The second-order valence-electron chi connectivity index (χ2n) is 11.7. The Bertz CT molecular complexity index is 2000. The number of rotatable bonds is 15. The molecule has 0 bridgehead atoms. The Kier molecular flexibility index (Phi) is 13.7. The SMILES string of the molecule is Cc1cc(-c2ccc(OCC(O/N=C(\C(=O)N[C@@H]3C(=O)N(OS(=O)(=O)O)C3(C)C)c3csc(N)n3)C(=O)O)cc2)[n+](CCCN)n1C.O=C([O-])C(F)(F)F. The Balaban J connectivity index is 0.00000102. The molecule has 1 aromatic carbocycles. The Morgan fingerprint density at radius 1 is 1.24 bits per heavy atom.